The van der Waals surface area contributed by atoms with E-state index in [0.29, 0.717) is 37.6 Å². The molecule has 6 heteroatoms. The Hall–Kier alpha value is -1.63. The van der Waals surface area contributed by atoms with E-state index >= 15 is 0 Å². The molecule has 148 valence electrons. The van der Waals surface area contributed by atoms with Gasteiger partial charge in [-0.25, -0.2) is 0 Å². The number of ether oxygens (including phenoxy) is 2. The van der Waals surface area contributed by atoms with Gasteiger partial charge in [0.05, 0.1) is 32.4 Å². The van der Waals surface area contributed by atoms with Crippen molar-refractivity contribution in [1.82, 2.24) is 9.80 Å². The van der Waals surface area contributed by atoms with Gasteiger partial charge in [-0.05, 0) is 68.5 Å². The van der Waals surface area contributed by atoms with E-state index in [1.54, 1.807) is 12.0 Å². The molecule has 0 spiro atoms. The number of fused-ring (bicyclic) bond motifs is 1. The Morgan fingerprint density at radius 3 is 2.67 bits per heavy atom. The van der Waals surface area contributed by atoms with Gasteiger partial charge in [-0.2, -0.15) is 0 Å². The molecule has 0 radical (unpaired) electrons. The van der Waals surface area contributed by atoms with Crippen LogP contribution in [0.4, 0.5) is 0 Å². The van der Waals surface area contributed by atoms with Crippen LogP contribution < -0.4 is 4.74 Å². The number of aryl methyl sites for hydroxylation is 2. The van der Waals surface area contributed by atoms with Gasteiger partial charge < -0.3 is 24.4 Å². The van der Waals surface area contributed by atoms with E-state index in [4.69, 9.17) is 9.47 Å². The first kappa shape index (κ1) is 18.7. The van der Waals surface area contributed by atoms with E-state index in [-0.39, 0.29) is 12.5 Å². The van der Waals surface area contributed by atoms with Crippen LogP contribution >= 0.6 is 0 Å². The van der Waals surface area contributed by atoms with Gasteiger partial charge >= 0.3 is 0 Å². The number of aliphatic hydroxyl groups is 1. The first-order chi connectivity index (χ1) is 13.1. The van der Waals surface area contributed by atoms with Gasteiger partial charge in [-0.15, -0.1) is 0 Å². The molecule has 1 N–H and O–H groups in total. The number of nitrogens with zero attached hydrogens (tertiary/aromatic N) is 2. The molecule has 3 aliphatic rings. The fourth-order valence-corrected chi connectivity index (χ4v) is 4.65. The second kappa shape index (κ2) is 7.78. The van der Waals surface area contributed by atoms with Crippen LogP contribution in [0, 0.1) is 0 Å². The Morgan fingerprint density at radius 1 is 1.19 bits per heavy atom. The smallest absolute Gasteiger partial charge is 0.257 e. The molecule has 27 heavy (non-hydrogen) atoms. The average Bonchev–Trinajstić information content (AvgIpc) is 3.29. The molecule has 6 nitrogen and oxygen atoms in total. The quantitative estimate of drug-likeness (QED) is 0.865. The minimum absolute atomic E-state index is 0.0769. The van der Waals surface area contributed by atoms with Crippen molar-refractivity contribution in [2.24, 2.45) is 0 Å². The number of methoxy groups -OCH3 is 1. The lowest BCUT2D eigenvalue weighted by Gasteiger charge is -2.34. The fraction of sp³-hybridized carbons (Fsp3) is 0.667. The van der Waals surface area contributed by atoms with Crippen molar-refractivity contribution < 1.29 is 19.4 Å². The molecule has 2 aliphatic heterocycles. The topological polar surface area (TPSA) is 62.2 Å². The molecule has 1 atom stereocenters. The van der Waals surface area contributed by atoms with Gasteiger partial charge in [0.2, 0.25) is 0 Å². The van der Waals surface area contributed by atoms with Crippen LogP contribution in [0.5, 0.6) is 5.75 Å². The lowest BCUT2D eigenvalue weighted by molar-refractivity contribution is -0.0524. The van der Waals surface area contributed by atoms with Crippen molar-refractivity contribution in [2.45, 2.75) is 37.7 Å². The summed E-state index contributed by atoms with van der Waals surface area (Å²) in [4.78, 5) is 17.3. The third kappa shape index (κ3) is 3.98. The Kier molecular flexibility index (Phi) is 5.39. The lowest BCUT2D eigenvalue weighted by Crippen LogP contribution is -2.53. The van der Waals surface area contributed by atoms with Gasteiger partial charge in [0.1, 0.15) is 11.4 Å². The summed E-state index contributed by atoms with van der Waals surface area (Å²) in [6.45, 7) is 4.07. The molecule has 1 amide bonds. The highest BCUT2D eigenvalue weighted by atomic mass is 16.5. The molecule has 2 fully saturated rings. The van der Waals surface area contributed by atoms with Crippen molar-refractivity contribution >= 4 is 5.91 Å². The maximum atomic E-state index is 13.3. The maximum absolute atomic E-state index is 13.3. The number of hydrogen-bond donors (Lipinski definition) is 1. The summed E-state index contributed by atoms with van der Waals surface area (Å²) in [5.74, 6) is 0.556. The van der Waals surface area contributed by atoms with Crippen molar-refractivity contribution in [2.75, 3.05) is 53.0 Å². The Labute approximate surface area is 161 Å². The second-order valence-corrected chi connectivity index (χ2v) is 8.16. The highest BCUT2D eigenvalue weighted by molar-refractivity contribution is 5.97. The standard InChI is InChI=1S/C21H30N2O4/c1-26-19-12-17-6-4-5-16(17)11-18(19)20(24)23-9-10-27-15-21(25,14-23)13-22-7-2-3-8-22/h11-12,25H,2-10,13-15H2,1H3/t21-/m0/s1. The van der Waals surface area contributed by atoms with Crippen LogP contribution in [0.25, 0.3) is 0 Å². The van der Waals surface area contributed by atoms with E-state index in [0.717, 1.165) is 32.4 Å². The third-order valence-electron chi connectivity index (χ3n) is 6.01. The van der Waals surface area contributed by atoms with Crippen LogP contribution in [0.2, 0.25) is 0 Å². The van der Waals surface area contributed by atoms with Crippen molar-refractivity contribution in [3.63, 3.8) is 0 Å². The van der Waals surface area contributed by atoms with Crippen LogP contribution in [0.3, 0.4) is 0 Å². The average molecular weight is 374 g/mol. The van der Waals surface area contributed by atoms with Crippen LogP contribution in [-0.2, 0) is 17.6 Å². The van der Waals surface area contributed by atoms with Gasteiger partial charge in [0.25, 0.3) is 5.91 Å². The summed E-state index contributed by atoms with van der Waals surface area (Å²) in [5, 5.41) is 11.2. The number of likely N-dealkylation sites (tertiary alicyclic amines) is 1. The molecule has 2 heterocycles. The zero-order valence-electron chi connectivity index (χ0n) is 16.2. The number of hydrogen-bond acceptors (Lipinski definition) is 5. The molecule has 4 rings (SSSR count). The summed E-state index contributed by atoms with van der Waals surface area (Å²) < 4.78 is 11.2. The minimum Gasteiger partial charge on any atom is -0.496 e. The molecule has 0 saturated carbocycles. The monoisotopic (exact) mass is 374 g/mol. The molecule has 2 saturated heterocycles. The Balaban J connectivity index is 1.55. The number of benzene rings is 1. The number of β-amino-alcohol motifs (C(OH)–C–C–N with tert-alkyl or cyclic N) is 1. The molecule has 0 aromatic heterocycles. The molecule has 1 aromatic rings. The van der Waals surface area contributed by atoms with Gasteiger partial charge in [0, 0.05) is 13.1 Å². The molecule has 0 bridgehead atoms. The molecule has 1 aromatic carbocycles. The summed E-state index contributed by atoms with van der Waals surface area (Å²) in [5.41, 5.74) is 2.11. The SMILES string of the molecule is COc1cc2c(cc1C(=O)N1CCOC[C@](O)(CN3CCCC3)C1)CCC2. The van der Waals surface area contributed by atoms with E-state index in [9.17, 15) is 9.90 Å². The third-order valence-corrected chi connectivity index (χ3v) is 6.01. The van der Waals surface area contributed by atoms with E-state index in [1.165, 1.54) is 24.0 Å². The van der Waals surface area contributed by atoms with E-state index in [2.05, 4.69) is 4.90 Å². The predicted octanol–water partition coefficient (Wildman–Crippen LogP) is 1.48. The highest BCUT2D eigenvalue weighted by Crippen LogP contribution is 2.31. The summed E-state index contributed by atoms with van der Waals surface area (Å²) in [6.07, 6.45) is 5.54. The second-order valence-electron chi connectivity index (χ2n) is 8.16. The number of rotatable bonds is 4. The zero-order valence-corrected chi connectivity index (χ0v) is 16.2. The first-order valence-corrected chi connectivity index (χ1v) is 10.1. The molecule has 0 unspecified atom stereocenters. The molecule has 1 aliphatic carbocycles. The minimum atomic E-state index is -1.03. The van der Waals surface area contributed by atoms with Crippen LogP contribution in [-0.4, -0.2) is 79.5 Å². The number of carbonyl (C=O) groups is 1. The van der Waals surface area contributed by atoms with Crippen molar-refractivity contribution in [3.05, 3.63) is 28.8 Å². The summed E-state index contributed by atoms with van der Waals surface area (Å²) in [7, 11) is 1.61. The van der Waals surface area contributed by atoms with E-state index in [1.807, 2.05) is 12.1 Å². The number of amides is 1. The molecular weight excluding hydrogens is 344 g/mol. The van der Waals surface area contributed by atoms with Gasteiger partial charge in [0.15, 0.2) is 0 Å². The normalized spacial score (nSPS) is 26.1. The molecular formula is C21H30N2O4. The van der Waals surface area contributed by atoms with Crippen LogP contribution in [0.1, 0.15) is 40.7 Å². The summed E-state index contributed by atoms with van der Waals surface area (Å²) in [6, 6.07) is 4.01. The predicted molar refractivity (Wildman–Crippen MR) is 102 cm³/mol. The zero-order chi connectivity index (χ0) is 18.9. The fourth-order valence-electron chi connectivity index (χ4n) is 4.65. The highest BCUT2D eigenvalue weighted by Gasteiger charge is 2.37. The van der Waals surface area contributed by atoms with Gasteiger partial charge in [-0.1, -0.05) is 0 Å². The summed E-state index contributed by atoms with van der Waals surface area (Å²) >= 11 is 0. The van der Waals surface area contributed by atoms with Crippen molar-refractivity contribution in [3.8, 4) is 5.75 Å². The lowest BCUT2D eigenvalue weighted by atomic mass is 10.0. The Morgan fingerprint density at radius 2 is 1.93 bits per heavy atom. The van der Waals surface area contributed by atoms with Gasteiger partial charge in [-0.3, -0.25) is 4.79 Å². The largest absolute Gasteiger partial charge is 0.496 e. The van der Waals surface area contributed by atoms with E-state index < -0.39 is 5.60 Å². The van der Waals surface area contributed by atoms with Crippen molar-refractivity contribution in [1.29, 1.82) is 0 Å². The Bertz CT molecular complexity index is 702. The maximum Gasteiger partial charge on any atom is 0.257 e. The number of carbonyl (C=O) groups excluding carboxylic acids is 1. The van der Waals surface area contributed by atoms with Crippen LogP contribution in [0.15, 0.2) is 12.1 Å². The first-order valence-electron chi connectivity index (χ1n) is 10.1.